The van der Waals surface area contributed by atoms with Gasteiger partial charge in [-0.25, -0.2) is 9.67 Å². The summed E-state index contributed by atoms with van der Waals surface area (Å²) < 4.78 is 1.88. The zero-order valence-corrected chi connectivity index (χ0v) is 14.0. The van der Waals surface area contributed by atoms with E-state index in [2.05, 4.69) is 15.4 Å². The van der Waals surface area contributed by atoms with Crippen molar-refractivity contribution in [1.29, 1.82) is 5.26 Å². The number of pyridine rings is 1. The van der Waals surface area contributed by atoms with Crippen molar-refractivity contribution in [3.8, 4) is 11.8 Å². The Kier molecular flexibility index (Phi) is 4.57. The van der Waals surface area contributed by atoms with E-state index in [1.807, 2.05) is 54.9 Å². The predicted molar refractivity (Wildman–Crippen MR) is 93.2 cm³/mol. The molecule has 0 saturated carbocycles. The van der Waals surface area contributed by atoms with Crippen LogP contribution >= 0.6 is 0 Å². The summed E-state index contributed by atoms with van der Waals surface area (Å²) in [6, 6.07) is 14.9. The van der Waals surface area contributed by atoms with Crippen LogP contribution in [0.1, 0.15) is 33.0 Å². The van der Waals surface area contributed by atoms with Gasteiger partial charge in [0.05, 0.1) is 16.9 Å². The van der Waals surface area contributed by atoms with Gasteiger partial charge in [0.25, 0.3) is 5.91 Å². The van der Waals surface area contributed by atoms with Crippen LogP contribution in [0.3, 0.4) is 0 Å². The third-order valence-electron chi connectivity index (χ3n) is 4.01. The molecule has 1 amide bonds. The number of amides is 1. The van der Waals surface area contributed by atoms with E-state index in [9.17, 15) is 4.79 Å². The molecule has 0 fully saturated rings. The number of hydrogen-bond acceptors (Lipinski definition) is 4. The molecule has 6 nitrogen and oxygen atoms in total. The Morgan fingerprint density at radius 3 is 2.60 bits per heavy atom. The maximum absolute atomic E-state index is 12.3. The third kappa shape index (κ3) is 3.40. The minimum atomic E-state index is -0.233. The first-order valence-corrected chi connectivity index (χ1v) is 7.85. The Hall–Kier alpha value is -3.46. The van der Waals surface area contributed by atoms with E-state index in [0.717, 1.165) is 22.6 Å². The molecule has 3 aromatic rings. The molecular weight excluding hydrogens is 314 g/mol. The van der Waals surface area contributed by atoms with Crippen molar-refractivity contribution >= 4 is 5.91 Å². The largest absolute Gasteiger partial charge is 0.348 e. The lowest BCUT2D eigenvalue weighted by Crippen LogP contribution is -2.23. The fraction of sp³-hybridized carbons (Fsp3) is 0.158. The molecular formula is C19H17N5O. The minimum Gasteiger partial charge on any atom is -0.348 e. The Morgan fingerprint density at radius 1 is 1.20 bits per heavy atom. The lowest BCUT2D eigenvalue weighted by atomic mass is 10.2. The van der Waals surface area contributed by atoms with E-state index in [0.29, 0.717) is 12.1 Å². The highest BCUT2D eigenvalue weighted by molar-refractivity contribution is 5.93. The van der Waals surface area contributed by atoms with Crippen molar-refractivity contribution in [3.63, 3.8) is 0 Å². The molecule has 25 heavy (non-hydrogen) atoms. The van der Waals surface area contributed by atoms with E-state index in [1.165, 1.54) is 12.3 Å². The molecule has 0 saturated heterocycles. The second-order valence-corrected chi connectivity index (χ2v) is 5.62. The highest BCUT2D eigenvalue weighted by Gasteiger charge is 2.14. The van der Waals surface area contributed by atoms with E-state index in [-0.39, 0.29) is 11.6 Å². The molecule has 124 valence electrons. The second kappa shape index (κ2) is 6.97. The van der Waals surface area contributed by atoms with Crippen molar-refractivity contribution in [1.82, 2.24) is 20.1 Å². The molecule has 0 unspecified atom stereocenters. The van der Waals surface area contributed by atoms with Crippen LogP contribution in [0.4, 0.5) is 0 Å². The Morgan fingerprint density at radius 2 is 1.96 bits per heavy atom. The molecule has 6 heteroatoms. The topological polar surface area (TPSA) is 83.6 Å². The summed E-state index contributed by atoms with van der Waals surface area (Å²) in [5.74, 6) is -0.233. The van der Waals surface area contributed by atoms with Gasteiger partial charge in [0.2, 0.25) is 0 Å². The molecule has 3 rings (SSSR count). The van der Waals surface area contributed by atoms with Crippen LogP contribution in [-0.2, 0) is 6.54 Å². The molecule has 0 spiro atoms. The Balaban J connectivity index is 1.76. The smallest absolute Gasteiger partial charge is 0.253 e. The van der Waals surface area contributed by atoms with E-state index in [1.54, 1.807) is 6.07 Å². The fourth-order valence-electron chi connectivity index (χ4n) is 2.62. The van der Waals surface area contributed by atoms with E-state index >= 15 is 0 Å². The molecule has 0 aliphatic heterocycles. The number of carbonyl (C=O) groups excluding carboxylic acids is 1. The molecule has 1 N–H and O–H groups in total. The molecule has 2 heterocycles. The lowest BCUT2D eigenvalue weighted by Gasteiger charge is -2.07. The van der Waals surface area contributed by atoms with Gasteiger partial charge in [-0.2, -0.15) is 10.4 Å². The van der Waals surface area contributed by atoms with Crippen molar-refractivity contribution in [3.05, 3.63) is 76.9 Å². The SMILES string of the molecule is Cc1nn(-c2ccccc2)c(C)c1CNC(=O)c1ccc(C#N)nc1. The monoisotopic (exact) mass is 331 g/mol. The summed E-state index contributed by atoms with van der Waals surface area (Å²) in [4.78, 5) is 16.2. The first kappa shape index (κ1) is 16.4. The lowest BCUT2D eigenvalue weighted by molar-refractivity contribution is 0.0950. The van der Waals surface area contributed by atoms with Gasteiger partial charge < -0.3 is 5.32 Å². The van der Waals surface area contributed by atoms with Gasteiger partial charge in [-0.05, 0) is 38.1 Å². The normalized spacial score (nSPS) is 10.3. The van der Waals surface area contributed by atoms with Gasteiger partial charge in [0, 0.05) is 24.0 Å². The number of nitriles is 1. The van der Waals surface area contributed by atoms with E-state index in [4.69, 9.17) is 5.26 Å². The zero-order chi connectivity index (χ0) is 17.8. The summed E-state index contributed by atoms with van der Waals surface area (Å²) in [5.41, 5.74) is 4.54. The molecule has 0 bridgehead atoms. The second-order valence-electron chi connectivity index (χ2n) is 5.62. The summed E-state index contributed by atoms with van der Waals surface area (Å²) in [5, 5.41) is 16.2. The average Bonchev–Trinajstić information content (AvgIpc) is 2.94. The number of para-hydroxylation sites is 1. The van der Waals surface area contributed by atoms with Crippen LogP contribution < -0.4 is 5.32 Å². The van der Waals surface area contributed by atoms with Crippen LogP contribution in [0.5, 0.6) is 0 Å². The van der Waals surface area contributed by atoms with Crippen LogP contribution in [0.2, 0.25) is 0 Å². The van der Waals surface area contributed by atoms with Crippen molar-refractivity contribution in [2.24, 2.45) is 0 Å². The van der Waals surface area contributed by atoms with E-state index < -0.39 is 0 Å². The van der Waals surface area contributed by atoms with Crippen molar-refractivity contribution < 1.29 is 4.79 Å². The number of benzene rings is 1. The van der Waals surface area contributed by atoms with Crippen LogP contribution in [0.25, 0.3) is 5.69 Å². The Labute approximate surface area is 145 Å². The number of hydrogen-bond donors (Lipinski definition) is 1. The van der Waals surface area contributed by atoms with Crippen molar-refractivity contribution in [2.75, 3.05) is 0 Å². The number of carbonyl (C=O) groups is 1. The summed E-state index contributed by atoms with van der Waals surface area (Å²) in [6.45, 7) is 4.29. The summed E-state index contributed by atoms with van der Waals surface area (Å²) in [7, 11) is 0. The molecule has 0 aliphatic rings. The summed E-state index contributed by atoms with van der Waals surface area (Å²) >= 11 is 0. The number of nitrogens with one attached hydrogen (secondary N) is 1. The predicted octanol–water partition coefficient (Wildman–Crippen LogP) is 2.69. The molecule has 0 atom stereocenters. The van der Waals surface area contributed by atoms with Gasteiger partial charge in [-0.15, -0.1) is 0 Å². The van der Waals surface area contributed by atoms with Crippen LogP contribution in [0.15, 0.2) is 48.7 Å². The first-order chi connectivity index (χ1) is 12.1. The molecule has 1 aromatic carbocycles. The van der Waals surface area contributed by atoms with Crippen molar-refractivity contribution in [2.45, 2.75) is 20.4 Å². The molecule has 0 radical (unpaired) electrons. The highest BCUT2D eigenvalue weighted by atomic mass is 16.1. The molecule has 0 aliphatic carbocycles. The maximum Gasteiger partial charge on any atom is 0.253 e. The minimum absolute atomic E-state index is 0.233. The number of nitrogens with zero attached hydrogens (tertiary/aromatic N) is 4. The number of aryl methyl sites for hydroxylation is 1. The van der Waals surface area contributed by atoms with Gasteiger partial charge in [0.15, 0.2) is 0 Å². The Bertz CT molecular complexity index is 936. The quantitative estimate of drug-likeness (QED) is 0.796. The summed E-state index contributed by atoms with van der Waals surface area (Å²) in [6.07, 6.45) is 1.40. The van der Waals surface area contributed by atoms with Gasteiger partial charge in [-0.3, -0.25) is 4.79 Å². The van der Waals surface area contributed by atoms with Crippen LogP contribution in [0, 0.1) is 25.2 Å². The average molecular weight is 331 g/mol. The van der Waals surface area contributed by atoms with Gasteiger partial charge in [-0.1, -0.05) is 18.2 Å². The van der Waals surface area contributed by atoms with Gasteiger partial charge in [0.1, 0.15) is 11.8 Å². The number of rotatable bonds is 4. The third-order valence-corrected chi connectivity index (χ3v) is 4.01. The van der Waals surface area contributed by atoms with Crippen LogP contribution in [-0.4, -0.2) is 20.7 Å². The highest BCUT2D eigenvalue weighted by Crippen LogP contribution is 2.17. The molecule has 2 aromatic heterocycles. The first-order valence-electron chi connectivity index (χ1n) is 7.85. The zero-order valence-electron chi connectivity index (χ0n) is 14.0. The fourth-order valence-corrected chi connectivity index (χ4v) is 2.62. The standard InChI is InChI=1S/C19H17N5O/c1-13-18(14(2)24(23-13)17-6-4-3-5-7-17)12-22-19(25)15-8-9-16(10-20)21-11-15/h3-9,11H,12H2,1-2H3,(H,22,25). The maximum atomic E-state index is 12.3. The number of aromatic nitrogens is 3. The van der Waals surface area contributed by atoms with Gasteiger partial charge >= 0.3 is 0 Å².